The first-order valence-corrected chi connectivity index (χ1v) is 9.74. The molecule has 0 unspecified atom stereocenters. The average molecular weight is 345 g/mol. The lowest BCUT2D eigenvalue weighted by molar-refractivity contribution is 0.108. The Labute approximate surface area is 133 Å². The van der Waals surface area contributed by atoms with Crippen LogP contribution in [0, 0.1) is 0 Å². The summed E-state index contributed by atoms with van der Waals surface area (Å²) < 4.78 is 9.53. The van der Waals surface area contributed by atoms with Gasteiger partial charge in [-0.3, -0.25) is 37.4 Å². The zero-order valence-electron chi connectivity index (χ0n) is 13.6. The maximum Gasteiger partial charge on any atom is 0.269 e. The lowest BCUT2D eigenvalue weighted by Crippen LogP contribution is -2.69. The van der Waals surface area contributed by atoms with Crippen LogP contribution in [0.15, 0.2) is 0 Å². The summed E-state index contributed by atoms with van der Waals surface area (Å²) in [4.78, 5) is 0. The van der Waals surface area contributed by atoms with Crippen molar-refractivity contribution in [1.29, 1.82) is 0 Å². The standard InChI is InChI=1S/C8H24N8Si4/c1-9(2)13-17-14(10(3)4)19-16(12(7)8)20-15(18-13)11(5)6/h1-8H3. The van der Waals surface area contributed by atoms with Crippen LogP contribution in [0.4, 0.5) is 0 Å². The molecule has 12 heteroatoms. The van der Waals surface area contributed by atoms with Gasteiger partial charge in [0.1, 0.15) is 0 Å². The first kappa shape index (κ1) is 18.6. The van der Waals surface area contributed by atoms with E-state index >= 15 is 0 Å². The minimum atomic E-state index is 0.602. The predicted octanol–water partition coefficient (Wildman–Crippen LogP) is -2.75. The Morgan fingerprint density at radius 1 is 0.400 bits per heavy atom. The first-order chi connectivity index (χ1) is 9.22. The molecule has 0 aliphatic carbocycles. The molecule has 0 saturated carbocycles. The van der Waals surface area contributed by atoms with Gasteiger partial charge in [0.05, 0.1) is 0 Å². The van der Waals surface area contributed by atoms with Crippen LogP contribution in [0.3, 0.4) is 0 Å². The lowest BCUT2D eigenvalue weighted by Gasteiger charge is -2.45. The van der Waals surface area contributed by atoms with Crippen molar-refractivity contribution in [2.45, 2.75) is 0 Å². The molecule has 8 radical (unpaired) electrons. The van der Waals surface area contributed by atoms with E-state index in [1.54, 1.807) is 0 Å². The number of hydrogen-bond acceptors (Lipinski definition) is 8. The van der Waals surface area contributed by atoms with E-state index in [1.165, 1.54) is 0 Å². The molecule has 1 saturated heterocycles. The summed E-state index contributed by atoms with van der Waals surface area (Å²) in [6.45, 7) is 0. The Hall–Kier alpha value is 0.548. The van der Waals surface area contributed by atoms with Gasteiger partial charge in [0.25, 0.3) is 39.4 Å². The van der Waals surface area contributed by atoms with E-state index in [9.17, 15) is 0 Å². The van der Waals surface area contributed by atoms with Gasteiger partial charge >= 0.3 is 0 Å². The molecule has 112 valence electrons. The van der Waals surface area contributed by atoms with Crippen LogP contribution < -0.4 is 0 Å². The fraction of sp³-hybridized carbons (Fsp3) is 1.00. The molecule has 1 rings (SSSR count). The summed E-state index contributed by atoms with van der Waals surface area (Å²) in [6, 6.07) is 0. The zero-order chi connectivity index (χ0) is 15.4. The van der Waals surface area contributed by atoms with Crippen molar-refractivity contribution < 1.29 is 0 Å². The van der Waals surface area contributed by atoms with Gasteiger partial charge in [-0.25, -0.2) is 0 Å². The van der Waals surface area contributed by atoms with Crippen LogP contribution in [-0.2, 0) is 0 Å². The summed E-state index contributed by atoms with van der Waals surface area (Å²) in [6.07, 6.45) is 0. The number of nitrogens with zero attached hydrogens (tertiary/aromatic N) is 8. The molecule has 0 atom stereocenters. The van der Waals surface area contributed by atoms with E-state index in [0.717, 1.165) is 0 Å². The summed E-state index contributed by atoms with van der Waals surface area (Å²) in [5.41, 5.74) is 0. The molecule has 8 nitrogen and oxygen atoms in total. The van der Waals surface area contributed by atoms with E-state index in [4.69, 9.17) is 0 Å². The molecule has 0 N–H and O–H groups in total. The topological polar surface area (TPSA) is 25.9 Å². The van der Waals surface area contributed by atoms with Crippen molar-refractivity contribution in [2.75, 3.05) is 56.4 Å². The van der Waals surface area contributed by atoms with Gasteiger partial charge in [-0.15, -0.1) is 0 Å². The predicted molar refractivity (Wildman–Crippen MR) is 85.1 cm³/mol. The molecule has 0 aromatic rings. The molecular formula is C8H24N8Si4. The van der Waals surface area contributed by atoms with E-state index in [2.05, 4.69) is 93.8 Å². The van der Waals surface area contributed by atoms with Crippen LogP contribution >= 0.6 is 0 Å². The molecule has 0 amide bonds. The fourth-order valence-electron chi connectivity index (χ4n) is 1.16. The molecule has 0 bridgehead atoms. The minimum Gasteiger partial charge on any atom is -0.259 e. The summed E-state index contributed by atoms with van der Waals surface area (Å²) in [7, 11) is 19.3. The largest absolute Gasteiger partial charge is 0.269 e. The van der Waals surface area contributed by atoms with Gasteiger partial charge < -0.3 is 0 Å². The fourth-order valence-corrected chi connectivity index (χ4v) is 7.50. The molecule has 0 aromatic carbocycles. The highest BCUT2D eigenvalue weighted by Crippen LogP contribution is 2.04. The van der Waals surface area contributed by atoms with E-state index in [0.29, 0.717) is 39.4 Å². The van der Waals surface area contributed by atoms with Crippen LogP contribution in [0.2, 0.25) is 0 Å². The Bertz CT molecular complexity index is 228. The summed E-state index contributed by atoms with van der Waals surface area (Å²) in [5, 5.41) is 8.74. The monoisotopic (exact) mass is 344 g/mol. The molecule has 20 heavy (non-hydrogen) atoms. The lowest BCUT2D eigenvalue weighted by atomic mass is 11.2. The van der Waals surface area contributed by atoms with Crippen LogP contribution in [0.25, 0.3) is 0 Å². The summed E-state index contributed by atoms with van der Waals surface area (Å²) >= 11 is 0. The van der Waals surface area contributed by atoms with Crippen molar-refractivity contribution in [1.82, 2.24) is 37.4 Å². The molecule has 1 aliphatic rings. The van der Waals surface area contributed by atoms with Gasteiger partial charge in [-0.1, -0.05) is 0 Å². The molecule has 1 aliphatic heterocycles. The molecule has 1 fully saturated rings. The third kappa shape index (κ3) is 5.39. The van der Waals surface area contributed by atoms with Crippen LogP contribution in [0.5, 0.6) is 0 Å². The zero-order valence-corrected chi connectivity index (χ0v) is 17.6. The van der Waals surface area contributed by atoms with Gasteiger partial charge in [-0.05, 0) is 0 Å². The van der Waals surface area contributed by atoms with E-state index < -0.39 is 0 Å². The second kappa shape index (κ2) is 8.25. The van der Waals surface area contributed by atoms with Crippen LogP contribution in [-0.4, -0.2) is 133 Å². The average Bonchev–Trinajstić information content (AvgIpc) is 2.26. The molecule has 0 spiro atoms. The number of hydrogen-bond donors (Lipinski definition) is 0. The van der Waals surface area contributed by atoms with Crippen molar-refractivity contribution in [2.24, 2.45) is 0 Å². The Morgan fingerprint density at radius 2 is 0.550 bits per heavy atom. The third-order valence-electron chi connectivity index (χ3n) is 2.36. The Morgan fingerprint density at radius 3 is 0.650 bits per heavy atom. The minimum absolute atomic E-state index is 0.602. The number of hydrazine groups is 4. The highest BCUT2D eigenvalue weighted by Gasteiger charge is 2.31. The second-order valence-electron chi connectivity index (χ2n) is 5.04. The van der Waals surface area contributed by atoms with Crippen molar-refractivity contribution in [3.63, 3.8) is 0 Å². The molecule has 1 heterocycles. The highest BCUT2D eigenvalue weighted by atomic mass is 28.4. The van der Waals surface area contributed by atoms with Gasteiger partial charge in [0.2, 0.25) is 0 Å². The molecule has 0 aromatic heterocycles. The van der Waals surface area contributed by atoms with Gasteiger partial charge in [-0.2, -0.15) is 0 Å². The van der Waals surface area contributed by atoms with Gasteiger partial charge in [0, 0.05) is 56.4 Å². The van der Waals surface area contributed by atoms with Crippen molar-refractivity contribution in [3.05, 3.63) is 0 Å². The third-order valence-corrected chi connectivity index (χ3v) is 9.47. The molecular weight excluding hydrogens is 320 g/mol. The first-order valence-electron chi connectivity index (χ1n) is 6.17. The summed E-state index contributed by atoms with van der Waals surface area (Å²) in [5.74, 6) is 0. The maximum absolute atomic E-state index is 2.38. The van der Waals surface area contributed by atoms with Crippen molar-refractivity contribution in [3.8, 4) is 0 Å². The van der Waals surface area contributed by atoms with E-state index in [1.807, 2.05) is 0 Å². The second-order valence-corrected chi connectivity index (χ2v) is 11.0. The highest BCUT2D eigenvalue weighted by molar-refractivity contribution is 6.64. The van der Waals surface area contributed by atoms with Crippen LogP contribution in [0.1, 0.15) is 0 Å². The Kier molecular flexibility index (Phi) is 7.67. The quantitative estimate of drug-likeness (QED) is 0.507. The van der Waals surface area contributed by atoms with E-state index in [-0.39, 0.29) is 0 Å². The SMILES string of the molecule is CN(C)N1[Si]N(N(C)C)[Si]N(N(C)C)[Si]N(N(C)C)[Si]1. The van der Waals surface area contributed by atoms with Gasteiger partial charge in [0.15, 0.2) is 0 Å². The smallest absolute Gasteiger partial charge is 0.259 e. The maximum atomic E-state index is 2.38. The van der Waals surface area contributed by atoms with Crippen molar-refractivity contribution >= 4 is 39.4 Å². The Balaban J connectivity index is 2.90. The normalized spacial score (nSPS) is 22.2. The number of rotatable bonds is 4.